The summed E-state index contributed by atoms with van der Waals surface area (Å²) in [6.07, 6.45) is 3.65. The zero-order valence-electron chi connectivity index (χ0n) is 11.3. The molecular weight excluding hydrogens is 306 g/mol. The Balaban J connectivity index is 1.85. The van der Waals surface area contributed by atoms with Gasteiger partial charge in [0.1, 0.15) is 5.75 Å². The van der Waals surface area contributed by atoms with Crippen LogP contribution >= 0.6 is 15.9 Å². The number of halogens is 1. The van der Waals surface area contributed by atoms with Crippen LogP contribution in [0.5, 0.6) is 5.75 Å². The summed E-state index contributed by atoms with van der Waals surface area (Å²) in [5.74, 6) is 1.13. The molecule has 0 N–H and O–H groups in total. The molecule has 0 radical (unpaired) electrons. The SMILES string of the molecule is COc1ccc(CCC(=O)N2CCCC2CBr)cc1. The van der Waals surface area contributed by atoms with Gasteiger partial charge in [-0.1, -0.05) is 28.1 Å². The first-order valence-electron chi connectivity index (χ1n) is 6.73. The minimum atomic E-state index is 0.276. The topological polar surface area (TPSA) is 29.5 Å². The lowest BCUT2D eigenvalue weighted by atomic mass is 10.1. The summed E-state index contributed by atoms with van der Waals surface area (Å²) < 4.78 is 5.12. The average Bonchev–Trinajstić information content (AvgIpc) is 2.93. The number of nitrogens with zero attached hydrogens (tertiary/aromatic N) is 1. The van der Waals surface area contributed by atoms with Gasteiger partial charge in [-0.15, -0.1) is 0 Å². The number of aryl methyl sites for hydroxylation is 1. The number of hydrogen-bond donors (Lipinski definition) is 0. The zero-order valence-corrected chi connectivity index (χ0v) is 12.9. The summed E-state index contributed by atoms with van der Waals surface area (Å²) >= 11 is 3.49. The van der Waals surface area contributed by atoms with Crippen molar-refractivity contribution in [3.05, 3.63) is 29.8 Å². The van der Waals surface area contributed by atoms with E-state index in [0.29, 0.717) is 12.5 Å². The Hall–Kier alpha value is -1.03. The minimum absolute atomic E-state index is 0.276. The van der Waals surface area contributed by atoms with E-state index in [-0.39, 0.29) is 5.91 Å². The van der Waals surface area contributed by atoms with Crippen LogP contribution in [0.3, 0.4) is 0 Å². The number of alkyl halides is 1. The van der Waals surface area contributed by atoms with E-state index in [1.807, 2.05) is 29.2 Å². The Morgan fingerprint density at radius 1 is 1.42 bits per heavy atom. The monoisotopic (exact) mass is 325 g/mol. The van der Waals surface area contributed by atoms with Crippen molar-refractivity contribution in [2.24, 2.45) is 0 Å². The van der Waals surface area contributed by atoms with Crippen LogP contribution in [0.15, 0.2) is 24.3 Å². The molecule has 2 rings (SSSR count). The highest BCUT2D eigenvalue weighted by Crippen LogP contribution is 2.20. The van der Waals surface area contributed by atoms with Crippen molar-refractivity contribution in [1.82, 2.24) is 4.90 Å². The normalized spacial score (nSPS) is 18.6. The van der Waals surface area contributed by atoms with E-state index in [2.05, 4.69) is 15.9 Å². The second kappa shape index (κ2) is 6.94. The molecule has 1 saturated heterocycles. The molecular formula is C15H20BrNO2. The second-order valence-corrected chi connectivity index (χ2v) is 5.53. The molecule has 1 aromatic carbocycles. The van der Waals surface area contributed by atoms with E-state index in [4.69, 9.17) is 4.74 Å². The zero-order chi connectivity index (χ0) is 13.7. The lowest BCUT2D eigenvalue weighted by Gasteiger charge is -2.23. The smallest absolute Gasteiger partial charge is 0.223 e. The third kappa shape index (κ3) is 3.72. The first-order valence-corrected chi connectivity index (χ1v) is 7.85. The third-order valence-electron chi connectivity index (χ3n) is 3.66. The maximum absolute atomic E-state index is 12.2. The molecule has 0 bridgehead atoms. The summed E-state index contributed by atoms with van der Waals surface area (Å²) in [7, 11) is 1.66. The maximum atomic E-state index is 12.2. The van der Waals surface area contributed by atoms with Crippen molar-refractivity contribution >= 4 is 21.8 Å². The highest BCUT2D eigenvalue weighted by atomic mass is 79.9. The van der Waals surface area contributed by atoms with Gasteiger partial charge < -0.3 is 9.64 Å². The molecule has 1 unspecified atom stereocenters. The Morgan fingerprint density at radius 2 is 2.16 bits per heavy atom. The number of hydrogen-bond acceptors (Lipinski definition) is 2. The van der Waals surface area contributed by atoms with Crippen molar-refractivity contribution in [1.29, 1.82) is 0 Å². The Kier molecular flexibility index (Phi) is 5.25. The van der Waals surface area contributed by atoms with Crippen molar-refractivity contribution in [3.8, 4) is 5.75 Å². The van der Waals surface area contributed by atoms with E-state index in [0.717, 1.165) is 36.9 Å². The Morgan fingerprint density at radius 3 is 2.79 bits per heavy atom. The quantitative estimate of drug-likeness (QED) is 0.779. The highest BCUT2D eigenvalue weighted by molar-refractivity contribution is 9.09. The summed E-state index contributed by atoms with van der Waals surface area (Å²) in [5, 5.41) is 0.890. The Labute approximate surface area is 123 Å². The molecule has 0 aliphatic carbocycles. The number of ether oxygens (including phenoxy) is 1. The van der Waals surface area contributed by atoms with Gasteiger partial charge in [-0.05, 0) is 37.0 Å². The maximum Gasteiger partial charge on any atom is 0.223 e. The molecule has 1 aliphatic heterocycles. The fourth-order valence-electron chi connectivity index (χ4n) is 2.51. The molecule has 19 heavy (non-hydrogen) atoms. The number of likely N-dealkylation sites (tertiary alicyclic amines) is 1. The lowest BCUT2D eigenvalue weighted by molar-refractivity contribution is -0.131. The van der Waals surface area contributed by atoms with Gasteiger partial charge in [0, 0.05) is 24.3 Å². The summed E-state index contributed by atoms with van der Waals surface area (Å²) in [6.45, 7) is 0.914. The standard InChI is InChI=1S/C15H20BrNO2/c1-19-14-7-4-12(5-8-14)6-9-15(18)17-10-2-3-13(17)11-16/h4-5,7-8,13H,2-3,6,9-11H2,1H3. The predicted octanol–water partition coefficient (Wildman–Crippen LogP) is 3.01. The number of carbonyl (C=O) groups is 1. The van der Waals surface area contributed by atoms with Crippen LogP contribution in [0.4, 0.5) is 0 Å². The number of carbonyl (C=O) groups excluding carboxylic acids is 1. The van der Waals surface area contributed by atoms with Crippen molar-refractivity contribution in [3.63, 3.8) is 0 Å². The third-order valence-corrected chi connectivity index (χ3v) is 4.41. The number of rotatable bonds is 5. The molecule has 0 saturated carbocycles. The van der Waals surface area contributed by atoms with E-state index < -0.39 is 0 Å². The Bertz CT molecular complexity index is 419. The first kappa shape index (κ1) is 14.4. The number of benzene rings is 1. The number of methoxy groups -OCH3 is 1. The van der Waals surface area contributed by atoms with Crippen molar-refractivity contribution in [2.75, 3.05) is 19.0 Å². The lowest BCUT2D eigenvalue weighted by Crippen LogP contribution is -2.36. The molecule has 1 amide bonds. The summed E-state index contributed by atoms with van der Waals surface area (Å²) in [6, 6.07) is 8.33. The second-order valence-electron chi connectivity index (χ2n) is 4.89. The summed E-state index contributed by atoms with van der Waals surface area (Å²) in [4.78, 5) is 14.2. The van der Waals surface area contributed by atoms with Gasteiger partial charge in [-0.3, -0.25) is 4.79 Å². The molecule has 3 nitrogen and oxygen atoms in total. The van der Waals surface area contributed by atoms with Crippen LogP contribution in [0.25, 0.3) is 0 Å². The van der Waals surface area contributed by atoms with Gasteiger partial charge in [0.15, 0.2) is 0 Å². The fraction of sp³-hybridized carbons (Fsp3) is 0.533. The van der Waals surface area contributed by atoms with E-state index in [1.165, 1.54) is 5.56 Å². The van der Waals surface area contributed by atoms with Gasteiger partial charge >= 0.3 is 0 Å². The molecule has 4 heteroatoms. The van der Waals surface area contributed by atoms with Crippen LogP contribution in [0.2, 0.25) is 0 Å². The first-order chi connectivity index (χ1) is 9.24. The molecule has 104 valence electrons. The average molecular weight is 326 g/mol. The molecule has 0 spiro atoms. The van der Waals surface area contributed by atoms with Crippen LogP contribution in [0.1, 0.15) is 24.8 Å². The van der Waals surface area contributed by atoms with E-state index in [9.17, 15) is 4.79 Å². The minimum Gasteiger partial charge on any atom is -0.497 e. The molecule has 1 heterocycles. The summed E-state index contributed by atoms with van der Waals surface area (Å²) in [5.41, 5.74) is 1.18. The van der Waals surface area contributed by atoms with Gasteiger partial charge in [0.05, 0.1) is 7.11 Å². The largest absolute Gasteiger partial charge is 0.497 e. The highest BCUT2D eigenvalue weighted by Gasteiger charge is 2.27. The van der Waals surface area contributed by atoms with Gasteiger partial charge in [0.2, 0.25) is 5.91 Å². The molecule has 1 atom stereocenters. The van der Waals surface area contributed by atoms with Gasteiger partial charge in [-0.25, -0.2) is 0 Å². The van der Waals surface area contributed by atoms with Gasteiger partial charge in [0.25, 0.3) is 0 Å². The van der Waals surface area contributed by atoms with Crippen LogP contribution in [-0.2, 0) is 11.2 Å². The molecule has 1 aliphatic rings. The molecule has 1 aromatic rings. The van der Waals surface area contributed by atoms with Crippen molar-refractivity contribution in [2.45, 2.75) is 31.7 Å². The van der Waals surface area contributed by atoms with E-state index >= 15 is 0 Å². The predicted molar refractivity (Wildman–Crippen MR) is 79.8 cm³/mol. The van der Waals surface area contributed by atoms with Crippen molar-refractivity contribution < 1.29 is 9.53 Å². The van der Waals surface area contributed by atoms with Crippen LogP contribution in [-0.4, -0.2) is 35.8 Å². The van der Waals surface area contributed by atoms with Crippen LogP contribution in [0, 0.1) is 0 Å². The van der Waals surface area contributed by atoms with Crippen LogP contribution < -0.4 is 4.74 Å². The molecule has 1 fully saturated rings. The van der Waals surface area contributed by atoms with Gasteiger partial charge in [-0.2, -0.15) is 0 Å². The fourth-order valence-corrected chi connectivity index (χ4v) is 3.18. The number of amides is 1. The van der Waals surface area contributed by atoms with E-state index in [1.54, 1.807) is 7.11 Å². The molecule has 0 aromatic heterocycles.